The van der Waals surface area contributed by atoms with Gasteiger partial charge in [-0.1, -0.05) is 0 Å². The van der Waals surface area contributed by atoms with Gasteiger partial charge in [0.05, 0.1) is 26.4 Å². The molecule has 1 aromatic carbocycles. The summed E-state index contributed by atoms with van der Waals surface area (Å²) in [6, 6.07) is -2.23. The summed E-state index contributed by atoms with van der Waals surface area (Å²) in [5.74, 6) is -2.53. The van der Waals surface area contributed by atoms with E-state index in [0.29, 0.717) is 0 Å². The van der Waals surface area contributed by atoms with Crippen molar-refractivity contribution in [3.8, 4) is 0 Å². The van der Waals surface area contributed by atoms with E-state index in [-0.39, 0.29) is 63.5 Å². The molecule has 0 aromatic heterocycles. The summed E-state index contributed by atoms with van der Waals surface area (Å²) in [4.78, 5) is 72.5. The molecule has 0 saturated carbocycles. The minimum absolute atomic E-state index is 0.0555. The third kappa shape index (κ3) is 8.49. The lowest BCUT2D eigenvalue weighted by Crippen LogP contribution is -2.45. The van der Waals surface area contributed by atoms with Crippen molar-refractivity contribution in [3.63, 3.8) is 0 Å². The Balaban J connectivity index is 3.06. The molecule has 34 heavy (non-hydrogen) atoms. The van der Waals surface area contributed by atoms with Gasteiger partial charge in [-0.05, 0) is 40.5 Å². The second kappa shape index (κ2) is 14.7. The number of nitrogens with one attached hydrogen (secondary N) is 2. The Morgan fingerprint density at radius 3 is 1.24 bits per heavy atom. The summed E-state index contributed by atoms with van der Waals surface area (Å²) in [6.07, 6.45) is -0.374. The zero-order chi connectivity index (χ0) is 25.7. The van der Waals surface area contributed by atoms with Gasteiger partial charge in [0.1, 0.15) is 23.5 Å². The van der Waals surface area contributed by atoms with Gasteiger partial charge < -0.3 is 29.6 Å². The van der Waals surface area contributed by atoms with E-state index in [1.54, 1.807) is 27.7 Å². The number of carbonyl (C=O) groups is 4. The lowest BCUT2D eigenvalue weighted by Gasteiger charge is -2.24. The van der Waals surface area contributed by atoms with E-state index in [1.807, 2.05) is 0 Å². The molecule has 2 atom stereocenters. The molecule has 0 saturated heterocycles. The molecule has 0 amide bonds. The SMILES string of the molecule is CCOC(=O)CCC(Nc1c(NC(CCC(=O)OCC)C(=O)OCC)c(=O)c1=O)C(=O)OCC. The van der Waals surface area contributed by atoms with Crippen LogP contribution in [0.4, 0.5) is 11.4 Å². The van der Waals surface area contributed by atoms with Gasteiger partial charge in [-0.2, -0.15) is 0 Å². The average molecular weight is 485 g/mol. The Kier molecular flexibility index (Phi) is 12.3. The van der Waals surface area contributed by atoms with Crippen molar-refractivity contribution >= 4 is 35.3 Å². The van der Waals surface area contributed by atoms with Gasteiger partial charge in [0, 0.05) is 12.8 Å². The summed E-state index contributed by atoms with van der Waals surface area (Å²) in [7, 11) is 0. The van der Waals surface area contributed by atoms with Gasteiger partial charge in [-0.25, -0.2) is 9.59 Å². The van der Waals surface area contributed by atoms with Gasteiger partial charge in [0.15, 0.2) is 0 Å². The molecule has 12 nitrogen and oxygen atoms in total. The molecule has 2 N–H and O–H groups in total. The van der Waals surface area contributed by atoms with Crippen molar-refractivity contribution < 1.29 is 38.1 Å². The second-order valence-corrected chi connectivity index (χ2v) is 6.99. The van der Waals surface area contributed by atoms with E-state index in [9.17, 15) is 28.8 Å². The Bertz CT molecular complexity index is 846. The first-order chi connectivity index (χ1) is 16.2. The molecule has 0 radical (unpaired) electrons. The fourth-order valence-corrected chi connectivity index (χ4v) is 2.99. The van der Waals surface area contributed by atoms with Crippen LogP contribution >= 0.6 is 0 Å². The quantitative estimate of drug-likeness (QED) is 0.192. The highest BCUT2D eigenvalue weighted by molar-refractivity contribution is 5.87. The van der Waals surface area contributed by atoms with Crippen LogP contribution in [0.25, 0.3) is 0 Å². The maximum absolute atomic E-state index is 12.3. The Morgan fingerprint density at radius 1 is 0.618 bits per heavy atom. The fourth-order valence-electron chi connectivity index (χ4n) is 2.99. The standard InChI is InChI=1S/C22H32N2O10/c1-5-31-15(25)11-9-13(21(29)33-7-3)23-17-18(20(28)19(17)27)24-14(22(30)34-8-4)10-12-16(26)32-6-2/h13-14,23-24H,5-12H2,1-4H3. The zero-order valence-electron chi connectivity index (χ0n) is 19.9. The molecule has 0 aliphatic rings. The number of ether oxygens (including phenoxy) is 4. The van der Waals surface area contributed by atoms with E-state index in [2.05, 4.69) is 10.6 Å². The van der Waals surface area contributed by atoms with Gasteiger partial charge in [-0.15, -0.1) is 0 Å². The summed E-state index contributed by atoms with van der Waals surface area (Å²) < 4.78 is 19.7. The van der Waals surface area contributed by atoms with Gasteiger partial charge in [0.2, 0.25) is 0 Å². The number of carbonyl (C=O) groups excluding carboxylic acids is 4. The summed E-state index contributed by atoms with van der Waals surface area (Å²) in [5.41, 5.74) is -2.25. The maximum atomic E-state index is 12.3. The maximum Gasteiger partial charge on any atom is 0.328 e. The molecule has 12 heteroatoms. The van der Waals surface area contributed by atoms with Crippen LogP contribution in [-0.2, 0) is 38.1 Å². The number of hydrogen-bond donors (Lipinski definition) is 2. The minimum atomic E-state index is -1.12. The zero-order valence-corrected chi connectivity index (χ0v) is 19.9. The van der Waals surface area contributed by atoms with Crippen molar-refractivity contribution in [2.45, 2.75) is 65.5 Å². The number of anilines is 2. The van der Waals surface area contributed by atoms with Crippen molar-refractivity contribution in [2.24, 2.45) is 0 Å². The van der Waals surface area contributed by atoms with Crippen molar-refractivity contribution in [2.75, 3.05) is 37.1 Å². The van der Waals surface area contributed by atoms with E-state index < -0.39 is 46.8 Å². The van der Waals surface area contributed by atoms with Crippen LogP contribution < -0.4 is 21.5 Å². The second-order valence-electron chi connectivity index (χ2n) is 6.99. The third-order valence-electron chi connectivity index (χ3n) is 4.57. The first-order valence-corrected chi connectivity index (χ1v) is 11.2. The van der Waals surface area contributed by atoms with E-state index >= 15 is 0 Å². The largest absolute Gasteiger partial charge is 0.466 e. The number of hydrogen-bond acceptors (Lipinski definition) is 12. The number of rotatable bonds is 16. The lowest BCUT2D eigenvalue weighted by molar-refractivity contribution is -0.147. The fraction of sp³-hybridized carbons (Fsp3) is 0.636. The molecule has 0 aliphatic heterocycles. The molecule has 0 aliphatic carbocycles. The smallest absolute Gasteiger partial charge is 0.328 e. The molecular formula is C22H32N2O10. The molecule has 0 heterocycles. The molecule has 2 unspecified atom stereocenters. The highest BCUT2D eigenvalue weighted by Crippen LogP contribution is 2.20. The molecule has 0 bridgehead atoms. The summed E-state index contributed by atoms with van der Waals surface area (Å²) in [6.45, 7) is 6.94. The molecule has 1 rings (SSSR count). The molecule has 0 fully saturated rings. The monoisotopic (exact) mass is 484 g/mol. The van der Waals surface area contributed by atoms with Gasteiger partial charge >= 0.3 is 23.9 Å². The van der Waals surface area contributed by atoms with Gasteiger partial charge in [0.25, 0.3) is 10.9 Å². The van der Waals surface area contributed by atoms with Crippen LogP contribution in [0, 0.1) is 0 Å². The predicted molar refractivity (Wildman–Crippen MR) is 121 cm³/mol. The highest BCUT2D eigenvalue weighted by atomic mass is 16.5. The first-order valence-electron chi connectivity index (χ1n) is 11.2. The highest BCUT2D eigenvalue weighted by Gasteiger charge is 2.31. The predicted octanol–water partition coefficient (Wildman–Crippen LogP) is 0.656. The van der Waals surface area contributed by atoms with Crippen LogP contribution in [0.15, 0.2) is 9.59 Å². The van der Waals surface area contributed by atoms with Crippen molar-refractivity contribution in [1.29, 1.82) is 0 Å². The first kappa shape index (κ1) is 28.6. The van der Waals surface area contributed by atoms with Crippen LogP contribution in [0.1, 0.15) is 53.4 Å². The van der Waals surface area contributed by atoms with E-state index in [4.69, 9.17) is 18.9 Å². The Morgan fingerprint density at radius 2 is 0.941 bits per heavy atom. The minimum Gasteiger partial charge on any atom is -0.466 e. The van der Waals surface area contributed by atoms with E-state index in [0.717, 1.165) is 0 Å². The van der Waals surface area contributed by atoms with E-state index in [1.165, 1.54) is 0 Å². The molecule has 1 aromatic rings. The van der Waals surface area contributed by atoms with Crippen molar-refractivity contribution in [1.82, 2.24) is 0 Å². The van der Waals surface area contributed by atoms with Gasteiger partial charge in [-0.3, -0.25) is 19.2 Å². The topological polar surface area (TPSA) is 163 Å². The molecule has 190 valence electrons. The third-order valence-corrected chi connectivity index (χ3v) is 4.57. The van der Waals surface area contributed by atoms with Crippen LogP contribution in [0.2, 0.25) is 0 Å². The van der Waals surface area contributed by atoms with Crippen molar-refractivity contribution in [3.05, 3.63) is 20.4 Å². The lowest BCUT2D eigenvalue weighted by atomic mass is 10.1. The van der Waals surface area contributed by atoms with Crippen LogP contribution in [0.3, 0.4) is 0 Å². The van der Waals surface area contributed by atoms with Crippen LogP contribution in [-0.4, -0.2) is 62.4 Å². The normalized spacial score (nSPS) is 12.4. The molecular weight excluding hydrogens is 452 g/mol. The van der Waals surface area contributed by atoms with Crippen LogP contribution in [0.5, 0.6) is 0 Å². The molecule has 0 spiro atoms. The summed E-state index contributed by atoms with van der Waals surface area (Å²) >= 11 is 0. The number of esters is 4. The Labute approximate surface area is 197 Å². The summed E-state index contributed by atoms with van der Waals surface area (Å²) in [5, 5.41) is 5.30. The Hall–Kier alpha value is -3.44. The average Bonchev–Trinajstić information content (AvgIpc) is 2.80.